The molecule has 1 aromatic heterocycles. The number of aromatic nitrogens is 1. The standard InChI is InChI=1S/C16H10ClNO2/c17-11-8-12-14(19)6-7-18-15(12)13(9-11)16(20)10-4-2-1-3-5-10/h1-9H,(H,18,19). The van der Waals surface area contributed by atoms with E-state index in [9.17, 15) is 9.59 Å². The van der Waals surface area contributed by atoms with Gasteiger partial charge in [0, 0.05) is 33.8 Å². The van der Waals surface area contributed by atoms with Crippen LogP contribution in [0.4, 0.5) is 0 Å². The second-order valence-electron chi connectivity index (χ2n) is 4.41. The fourth-order valence-electron chi connectivity index (χ4n) is 2.17. The van der Waals surface area contributed by atoms with Crippen LogP contribution in [0.5, 0.6) is 0 Å². The van der Waals surface area contributed by atoms with Gasteiger partial charge in [0.2, 0.25) is 0 Å². The summed E-state index contributed by atoms with van der Waals surface area (Å²) in [6.07, 6.45) is 1.53. The molecule has 0 spiro atoms. The zero-order valence-corrected chi connectivity index (χ0v) is 11.1. The third kappa shape index (κ3) is 2.12. The van der Waals surface area contributed by atoms with Crippen molar-refractivity contribution in [2.75, 3.05) is 0 Å². The van der Waals surface area contributed by atoms with Crippen LogP contribution in [0, 0.1) is 0 Å². The zero-order valence-electron chi connectivity index (χ0n) is 10.4. The summed E-state index contributed by atoms with van der Waals surface area (Å²) in [5.41, 5.74) is 1.30. The lowest BCUT2D eigenvalue weighted by Gasteiger charge is -2.06. The largest absolute Gasteiger partial charge is 0.360 e. The van der Waals surface area contributed by atoms with Crippen molar-refractivity contribution in [1.29, 1.82) is 0 Å². The second kappa shape index (κ2) is 4.94. The average Bonchev–Trinajstić information content (AvgIpc) is 2.48. The average molecular weight is 284 g/mol. The maximum atomic E-state index is 12.5. The summed E-state index contributed by atoms with van der Waals surface area (Å²) < 4.78 is 0. The number of nitrogens with one attached hydrogen (secondary N) is 1. The number of halogens is 1. The molecule has 1 N–H and O–H groups in total. The van der Waals surface area contributed by atoms with Gasteiger partial charge in [-0.15, -0.1) is 0 Å². The fraction of sp³-hybridized carbons (Fsp3) is 0. The number of carbonyl (C=O) groups is 1. The van der Waals surface area contributed by atoms with E-state index < -0.39 is 0 Å². The Morgan fingerprint density at radius 1 is 1.05 bits per heavy atom. The Balaban J connectivity index is 2.29. The third-order valence-corrected chi connectivity index (χ3v) is 3.33. The molecule has 0 unspecified atom stereocenters. The number of H-pyrrole nitrogens is 1. The number of benzene rings is 2. The normalized spacial score (nSPS) is 10.7. The van der Waals surface area contributed by atoms with Gasteiger partial charge in [-0.3, -0.25) is 9.59 Å². The van der Waals surface area contributed by atoms with Crippen LogP contribution in [0.1, 0.15) is 15.9 Å². The lowest BCUT2D eigenvalue weighted by molar-refractivity contribution is 0.104. The Morgan fingerprint density at radius 2 is 1.80 bits per heavy atom. The highest BCUT2D eigenvalue weighted by Gasteiger charge is 2.15. The smallest absolute Gasteiger partial charge is 0.195 e. The van der Waals surface area contributed by atoms with Crippen molar-refractivity contribution in [2.24, 2.45) is 0 Å². The van der Waals surface area contributed by atoms with E-state index in [1.807, 2.05) is 6.07 Å². The highest BCUT2D eigenvalue weighted by molar-refractivity contribution is 6.32. The molecule has 2 aromatic carbocycles. The van der Waals surface area contributed by atoms with E-state index in [1.165, 1.54) is 12.3 Å². The third-order valence-electron chi connectivity index (χ3n) is 3.11. The number of pyridine rings is 1. The Morgan fingerprint density at radius 3 is 2.55 bits per heavy atom. The molecule has 0 fully saturated rings. The number of fused-ring (bicyclic) bond motifs is 1. The Labute approximate surface area is 119 Å². The van der Waals surface area contributed by atoms with E-state index in [2.05, 4.69) is 4.98 Å². The summed E-state index contributed by atoms with van der Waals surface area (Å²) in [5.74, 6) is -0.167. The molecule has 0 atom stereocenters. The molecule has 0 aliphatic heterocycles. The summed E-state index contributed by atoms with van der Waals surface area (Å²) in [4.78, 5) is 27.4. The highest BCUT2D eigenvalue weighted by Crippen LogP contribution is 2.22. The molecule has 3 nitrogen and oxygen atoms in total. The number of hydrogen-bond acceptors (Lipinski definition) is 2. The Hall–Kier alpha value is -2.39. The molecular formula is C16H10ClNO2. The van der Waals surface area contributed by atoms with Crippen LogP contribution in [-0.2, 0) is 0 Å². The Bertz CT molecular complexity index is 853. The monoisotopic (exact) mass is 283 g/mol. The Kier molecular flexibility index (Phi) is 3.12. The van der Waals surface area contributed by atoms with Crippen molar-refractivity contribution in [3.8, 4) is 0 Å². The van der Waals surface area contributed by atoms with Crippen LogP contribution < -0.4 is 5.43 Å². The molecule has 3 aromatic rings. The van der Waals surface area contributed by atoms with Crippen molar-refractivity contribution in [1.82, 2.24) is 4.98 Å². The SMILES string of the molecule is O=C(c1ccccc1)c1cc(Cl)cc2c(=O)cc[nH]c12. The van der Waals surface area contributed by atoms with Gasteiger partial charge in [0.15, 0.2) is 11.2 Å². The predicted octanol–water partition coefficient (Wildman–Crippen LogP) is 3.41. The second-order valence-corrected chi connectivity index (χ2v) is 4.85. The first-order valence-electron chi connectivity index (χ1n) is 6.07. The quantitative estimate of drug-likeness (QED) is 0.733. The maximum absolute atomic E-state index is 12.5. The summed E-state index contributed by atoms with van der Waals surface area (Å²) in [6, 6.07) is 13.5. The fourth-order valence-corrected chi connectivity index (χ4v) is 2.39. The van der Waals surface area contributed by atoms with Crippen molar-refractivity contribution >= 4 is 28.3 Å². The van der Waals surface area contributed by atoms with Crippen LogP contribution in [0.3, 0.4) is 0 Å². The molecule has 0 amide bonds. The van der Waals surface area contributed by atoms with Gasteiger partial charge in [-0.1, -0.05) is 41.9 Å². The van der Waals surface area contributed by atoms with Crippen molar-refractivity contribution in [3.63, 3.8) is 0 Å². The lowest BCUT2D eigenvalue weighted by atomic mass is 10.0. The van der Waals surface area contributed by atoms with Crippen LogP contribution in [0.15, 0.2) is 59.5 Å². The molecule has 0 bridgehead atoms. The van der Waals surface area contributed by atoms with Gasteiger partial charge in [0.1, 0.15) is 0 Å². The van der Waals surface area contributed by atoms with Crippen LogP contribution in [0.25, 0.3) is 10.9 Å². The van der Waals surface area contributed by atoms with E-state index in [-0.39, 0.29) is 11.2 Å². The number of aromatic amines is 1. The molecule has 20 heavy (non-hydrogen) atoms. The lowest BCUT2D eigenvalue weighted by Crippen LogP contribution is -2.07. The van der Waals surface area contributed by atoms with E-state index in [1.54, 1.807) is 36.4 Å². The minimum atomic E-state index is -0.167. The molecule has 0 aliphatic rings. The van der Waals surface area contributed by atoms with Crippen LogP contribution in [-0.4, -0.2) is 10.8 Å². The molecule has 4 heteroatoms. The van der Waals surface area contributed by atoms with E-state index in [4.69, 9.17) is 11.6 Å². The molecule has 0 saturated heterocycles. The summed E-state index contributed by atoms with van der Waals surface area (Å²) in [7, 11) is 0. The van der Waals surface area contributed by atoms with Gasteiger partial charge in [0.05, 0.1) is 5.52 Å². The number of rotatable bonds is 2. The highest BCUT2D eigenvalue weighted by atomic mass is 35.5. The van der Waals surface area contributed by atoms with Crippen LogP contribution >= 0.6 is 11.6 Å². The summed E-state index contributed by atoms with van der Waals surface area (Å²) in [6.45, 7) is 0. The number of carbonyl (C=O) groups excluding carboxylic acids is 1. The first-order chi connectivity index (χ1) is 9.66. The van der Waals surface area contributed by atoms with E-state index in [0.717, 1.165) is 0 Å². The molecule has 3 rings (SSSR count). The minimum absolute atomic E-state index is 0.164. The van der Waals surface area contributed by atoms with Crippen LogP contribution in [0.2, 0.25) is 5.02 Å². The number of hydrogen-bond donors (Lipinski definition) is 1. The molecule has 0 radical (unpaired) electrons. The first kappa shape index (κ1) is 12.6. The number of ketones is 1. The minimum Gasteiger partial charge on any atom is -0.360 e. The maximum Gasteiger partial charge on any atom is 0.195 e. The summed E-state index contributed by atoms with van der Waals surface area (Å²) >= 11 is 6.02. The van der Waals surface area contributed by atoms with Gasteiger partial charge >= 0.3 is 0 Å². The first-order valence-corrected chi connectivity index (χ1v) is 6.45. The van der Waals surface area contributed by atoms with E-state index >= 15 is 0 Å². The molecule has 0 aliphatic carbocycles. The molecule has 98 valence electrons. The topological polar surface area (TPSA) is 49.9 Å². The van der Waals surface area contributed by atoms with Gasteiger partial charge in [-0.2, -0.15) is 0 Å². The van der Waals surface area contributed by atoms with Crippen molar-refractivity contribution in [3.05, 3.63) is 81.1 Å². The van der Waals surface area contributed by atoms with Gasteiger partial charge < -0.3 is 4.98 Å². The summed E-state index contributed by atoms with van der Waals surface area (Å²) in [5, 5.41) is 0.785. The van der Waals surface area contributed by atoms with Crippen molar-refractivity contribution < 1.29 is 4.79 Å². The van der Waals surface area contributed by atoms with Gasteiger partial charge in [0.25, 0.3) is 0 Å². The van der Waals surface area contributed by atoms with Gasteiger partial charge in [-0.05, 0) is 12.1 Å². The zero-order chi connectivity index (χ0) is 14.1. The predicted molar refractivity (Wildman–Crippen MR) is 79.5 cm³/mol. The molecule has 0 saturated carbocycles. The van der Waals surface area contributed by atoms with Gasteiger partial charge in [-0.25, -0.2) is 0 Å². The molecular weight excluding hydrogens is 274 g/mol. The van der Waals surface area contributed by atoms with Crippen molar-refractivity contribution in [2.45, 2.75) is 0 Å². The molecule has 1 heterocycles. The van der Waals surface area contributed by atoms with E-state index in [0.29, 0.717) is 27.1 Å².